The highest BCUT2D eigenvalue weighted by atomic mass is 35.5. The molecule has 0 bridgehead atoms. The molecule has 0 N–H and O–H groups in total. The van der Waals surface area contributed by atoms with Crippen LogP contribution >= 0.6 is 11.6 Å². The van der Waals surface area contributed by atoms with Gasteiger partial charge in [0.15, 0.2) is 5.58 Å². The van der Waals surface area contributed by atoms with E-state index < -0.39 is 15.8 Å². The van der Waals surface area contributed by atoms with Gasteiger partial charge in [0, 0.05) is 31.2 Å². The number of oxazole rings is 1. The van der Waals surface area contributed by atoms with Crippen molar-refractivity contribution < 1.29 is 17.6 Å². The van der Waals surface area contributed by atoms with Gasteiger partial charge in [-0.05, 0) is 36.4 Å². The van der Waals surface area contributed by atoms with E-state index in [1.807, 2.05) is 0 Å². The number of carbonyl (C=O) groups is 1. The van der Waals surface area contributed by atoms with Crippen LogP contribution in [0.1, 0.15) is 0 Å². The van der Waals surface area contributed by atoms with E-state index >= 15 is 0 Å². The molecule has 1 amide bonds. The van der Waals surface area contributed by atoms with Crippen molar-refractivity contribution in [1.82, 2.24) is 13.8 Å². The van der Waals surface area contributed by atoms with Crippen LogP contribution < -0.4 is 5.76 Å². The van der Waals surface area contributed by atoms with Crippen molar-refractivity contribution in [3.63, 3.8) is 0 Å². The van der Waals surface area contributed by atoms with Crippen molar-refractivity contribution >= 4 is 38.6 Å². The number of hydrogen-bond donors (Lipinski definition) is 0. The van der Waals surface area contributed by atoms with Crippen LogP contribution in [0.3, 0.4) is 0 Å². The Morgan fingerprint density at radius 3 is 2.34 bits per heavy atom. The van der Waals surface area contributed by atoms with Gasteiger partial charge < -0.3 is 9.32 Å². The zero-order valence-corrected chi connectivity index (χ0v) is 16.9. The Kier molecular flexibility index (Phi) is 5.20. The lowest BCUT2D eigenvalue weighted by atomic mass is 10.3. The van der Waals surface area contributed by atoms with E-state index in [1.165, 1.54) is 33.1 Å². The summed E-state index contributed by atoms with van der Waals surface area (Å²) in [6, 6.07) is 12.9. The Morgan fingerprint density at radius 2 is 1.66 bits per heavy atom. The molecule has 10 heteroatoms. The number of nitrogens with zero attached hydrogens (tertiary/aromatic N) is 3. The van der Waals surface area contributed by atoms with Crippen molar-refractivity contribution in [1.29, 1.82) is 0 Å². The maximum atomic E-state index is 12.7. The first-order valence-corrected chi connectivity index (χ1v) is 10.8. The summed E-state index contributed by atoms with van der Waals surface area (Å²) in [5.41, 5.74) is 0.971. The number of halogens is 1. The molecule has 1 saturated heterocycles. The lowest BCUT2D eigenvalue weighted by molar-refractivity contribution is -0.133. The Balaban J connectivity index is 1.44. The number of sulfonamides is 1. The Bertz CT molecular complexity index is 1210. The van der Waals surface area contributed by atoms with Crippen molar-refractivity contribution in [2.24, 2.45) is 0 Å². The fraction of sp³-hybridized carbons (Fsp3) is 0.263. The summed E-state index contributed by atoms with van der Waals surface area (Å²) in [5.74, 6) is -0.856. The predicted molar refractivity (Wildman–Crippen MR) is 107 cm³/mol. The number of hydrogen-bond acceptors (Lipinski definition) is 5. The summed E-state index contributed by atoms with van der Waals surface area (Å²) >= 11 is 5.82. The zero-order valence-electron chi connectivity index (χ0n) is 15.3. The Hall–Kier alpha value is -2.62. The number of aromatic nitrogens is 1. The maximum absolute atomic E-state index is 12.7. The fourth-order valence-electron chi connectivity index (χ4n) is 3.33. The topological polar surface area (TPSA) is 92.8 Å². The van der Waals surface area contributed by atoms with Gasteiger partial charge in [-0.1, -0.05) is 23.7 Å². The first-order chi connectivity index (χ1) is 13.9. The van der Waals surface area contributed by atoms with Gasteiger partial charge in [0.05, 0.1) is 10.4 Å². The molecule has 0 saturated carbocycles. The molecule has 2 heterocycles. The van der Waals surface area contributed by atoms with Crippen LogP contribution in [0, 0.1) is 0 Å². The SMILES string of the molecule is O=C(Cn1c(=O)oc2ccccc21)N1CCN(S(=O)(=O)c2ccc(Cl)cc2)CC1. The first-order valence-electron chi connectivity index (χ1n) is 8.98. The molecule has 8 nitrogen and oxygen atoms in total. The molecule has 2 aromatic carbocycles. The summed E-state index contributed by atoms with van der Waals surface area (Å²) in [4.78, 5) is 26.4. The number of benzene rings is 2. The average molecular weight is 436 g/mol. The number of piperazine rings is 1. The van der Waals surface area contributed by atoms with E-state index in [-0.39, 0.29) is 43.5 Å². The van der Waals surface area contributed by atoms with E-state index in [2.05, 4.69) is 0 Å². The molecule has 1 aromatic heterocycles. The quantitative estimate of drug-likeness (QED) is 0.622. The number of amides is 1. The minimum atomic E-state index is -3.65. The zero-order chi connectivity index (χ0) is 20.6. The second-order valence-corrected chi connectivity index (χ2v) is 9.04. The molecule has 1 aliphatic heterocycles. The maximum Gasteiger partial charge on any atom is 0.420 e. The third kappa shape index (κ3) is 3.81. The van der Waals surface area contributed by atoms with Crippen LogP contribution in [0.5, 0.6) is 0 Å². The van der Waals surface area contributed by atoms with Gasteiger partial charge in [0.1, 0.15) is 6.54 Å². The Labute approximate surface area is 171 Å². The number of fused-ring (bicyclic) bond motifs is 1. The lowest BCUT2D eigenvalue weighted by Crippen LogP contribution is -2.51. The predicted octanol–water partition coefficient (Wildman–Crippen LogP) is 1.78. The van der Waals surface area contributed by atoms with E-state index in [0.717, 1.165) is 0 Å². The van der Waals surface area contributed by atoms with Gasteiger partial charge in [-0.2, -0.15) is 4.31 Å². The minimum absolute atomic E-state index is 0.153. The van der Waals surface area contributed by atoms with Crippen molar-refractivity contribution in [2.45, 2.75) is 11.4 Å². The summed E-state index contributed by atoms with van der Waals surface area (Å²) in [6.07, 6.45) is 0. The standard InChI is InChI=1S/C19H18ClN3O5S/c20-14-5-7-15(8-6-14)29(26,27)22-11-9-21(10-12-22)18(24)13-23-16-3-1-2-4-17(16)28-19(23)25/h1-8H,9-13H2. The van der Waals surface area contributed by atoms with E-state index in [0.29, 0.717) is 16.1 Å². The highest BCUT2D eigenvalue weighted by Gasteiger charge is 2.30. The van der Waals surface area contributed by atoms with Gasteiger partial charge in [0.2, 0.25) is 15.9 Å². The molecule has 0 aliphatic carbocycles. The monoisotopic (exact) mass is 435 g/mol. The minimum Gasteiger partial charge on any atom is -0.408 e. The summed E-state index contributed by atoms with van der Waals surface area (Å²) in [6.45, 7) is 0.696. The van der Waals surface area contributed by atoms with Crippen LogP contribution in [0.15, 0.2) is 62.6 Å². The number of carbonyl (C=O) groups excluding carboxylic acids is 1. The fourth-order valence-corrected chi connectivity index (χ4v) is 4.88. The lowest BCUT2D eigenvalue weighted by Gasteiger charge is -2.34. The summed E-state index contributed by atoms with van der Waals surface area (Å²) in [7, 11) is -3.65. The van der Waals surface area contributed by atoms with Crippen LogP contribution in [-0.2, 0) is 21.4 Å². The first kappa shape index (κ1) is 19.7. The van der Waals surface area contributed by atoms with E-state index in [4.69, 9.17) is 16.0 Å². The van der Waals surface area contributed by atoms with Crippen LogP contribution in [0.4, 0.5) is 0 Å². The molecule has 0 unspecified atom stereocenters. The molecule has 29 heavy (non-hydrogen) atoms. The van der Waals surface area contributed by atoms with Gasteiger partial charge >= 0.3 is 5.76 Å². The largest absolute Gasteiger partial charge is 0.420 e. The molecule has 0 atom stereocenters. The summed E-state index contributed by atoms with van der Waals surface area (Å²) in [5, 5.41) is 0.460. The third-order valence-corrected chi connectivity index (χ3v) is 7.07. The van der Waals surface area contributed by atoms with E-state index in [1.54, 1.807) is 29.2 Å². The van der Waals surface area contributed by atoms with Crippen LogP contribution in [0.25, 0.3) is 11.1 Å². The summed E-state index contributed by atoms with van der Waals surface area (Å²) < 4.78 is 33.3. The van der Waals surface area contributed by atoms with Crippen molar-refractivity contribution in [3.05, 3.63) is 64.1 Å². The van der Waals surface area contributed by atoms with Gasteiger partial charge in [0.25, 0.3) is 0 Å². The highest BCUT2D eigenvalue weighted by molar-refractivity contribution is 7.89. The van der Waals surface area contributed by atoms with E-state index in [9.17, 15) is 18.0 Å². The van der Waals surface area contributed by atoms with Crippen molar-refractivity contribution in [2.75, 3.05) is 26.2 Å². The normalized spacial score (nSPS) is 15.7. The highest BCUT2D eigenvalue weighted by Crippen LogP contribution is 2.20. The number of rotatable bonds is 4. The molecule has 0 radical (unpaired) electrons. The van der Waals surface area contributed by atoms with Gasteiger partial charge in [-0.15, -0.1) is 0 Å². The molecule has 3 aromatic rings. The van der Waals surface area contributed by atoms with Crippen LogP contribution in [0.2, 0.25) is 5.02 Å². The second-order valence-electron chi connectivity index (χ2n) is 6.66. The molecule has 1 fully saturated rings. The third-order valence-electron chi connectivity index (χ3n) is 4.91. The smallest absolute Gasteiger partial charge is 0.408 e. The molecular weight excluding hydrogens is 418 g/mol. The second kappa shape index (κ2) is 7.66. The molecule has 4 rings (SSSR count). The van der Waals surface area contributed by atoms with Gasteiger partial charge in [-0.3, -0.25) is 9.36 Å². The van der Waals surface area contributed by atoms with Gasteiger partial charge in [-0.25, -0.2) is 13.2 Å². The van der Waals surface area contributed by atoms with Crippen molar-refractivity contribution in [3.8, 4) is 0 Å². The average Bonchev–Trinajstić information content (AvgIpc) is 3.03. The van der Waals surface area contributed by atoms with Crippen LogP contribution in [-0.4, -0.2) is 54.3 Å². The molecule has 0 spiro atoms. The number of para-hydroxylation sites is 2. The Morgan fingerprint density at radius 1 is 1.00 bits per heavy atom. The molecular formula is C19H18ClN3O5S. The molecule has 152 valence electrons. The molecule has 1 aliphatic rings.